The lowest BCUT2D eigenvalue weighted by molar-refractivity contribution is -0.128. The Labute approximate surface area is 145 Å². The second kappa shape index (κ2) is 9.64. The average molecular weight is 334 g/mol. The van der Waals surface area contributed by atoms with Gasteiger partial charge in [0.25, 0.3) is 5.91 Å². The number of amides is 1. The molecule has 0 spiro atoms. The Hall–Kier alpha value is -1.59. The molecule has 1 atom stereocenters. The first-order chi connectivity index (χ1) is 11.6. The molecule has 1 saturated heterocycles. The van der Waals surface area contributed by atoms with E-state index < -0.39 is 6.10 Å². The van der Waals surface area contributed by atoms with Crippen molar-refractivity contribution in [2.45, 2.75) is 39.7 Å². The van der Waals surface area contributed by atoms with Crippen molar-refractivity contribution in [2.75, 3.05) is 39.4 Å². The highest BCUT2D eigenvalue weighted by molar-refractivity contribution is 5.81. The molecule has 0 aliphatic carbocycles. The minimum absolute atomic E-state index is 0.0274. The lowest BCUT2D eigenvalue weighted by atomic mass is 10.1. The highest BCUT2D eigenvalue weighted by atomic mass is 16.5. The zero-order chi connectivity index (χ0) is 17.4. The van der Waals surface area contributed by atoms with Crippen LogP contribution in [0.4, 0.5) is 0 Å². The van der Waals surface area contributed by atoms with Crippen LogP contribution in [0.5, 0.6) is 5.75 Å². The topological polar surface area (TPSA) is 50.8 Å². The van der Waals surface area contributed by atoms with Crippen LogP contribution in [-0.4, -0.2) is 56.3 Å². The number of carbonyl (C=O) groups is 1. The molecule has 0 aromatic heterocycles. The number of nitrogens with zero attached hydrogens (tertiary/aromatic N) is 1. The maximum absolute atomic E-state index is 12.4. The molecule has 24 heavy (non-hydrogen) atoms. The quantitative estimate of drug-likeness (QED) is 0.741. The first-order valence-corrected chi connectivity index (χ1v) is 8.92. The molecule has 1 fully saturated rings. The molecule has 134 valence electrons. The second-order valence-electron chi connectivity index (χ2n) is 6.38. The molecule has 0 saturated carbocycles. The van der Waals surface area contributed by atoms with Gasteiger partial charge >= 0.3 is 0 Å². The third-order valence-electron chi connectivity index (χ3n) is 4.33. The van der Waals surface area contributed by atoms with E-state index >= 15 is 0 Å². The van der Waals surface area contributed by atoms with Gasteiger partial charge in [0, 0.05) is 19.6 Å². The summed E-state index contributed by atoms with van der Waals surface area (Å²) in [5.74, 6) is 0.769. The molecule has 0 radical (unpaired) electrons. The fourth-order valence-electron chi connectivity index (χ4n) is 2.76. The van der Waals surface area contributed by atoms with E-state index in [-0.39, 0.29) is 5.91 Å². The monoisotopic (exact) mass is 334 g/mol. The zero-order valence-corrected chi connectivity index (χ0v) is 15.1. The number of rotatable bonds is 8. The van der Waals surface area contributed by atoms with Gasteiger partial charge in [-0.05, 0) is 50.4 Å². The largest absolute Gasteiger partial charge is 0.480 e. The summed E-state index contributed by atoms with van der Waals surface area (Å²) in [5.41, 5.74) is 2.19. The Morgan fingerprint density at radius 3 is 2.79 bits per heavy atom. The van der Waals surface area contributed by atoms with E-state index in [0.29, 0.717) is 13.0 Å². The fourth-order valence-corrected chi connectivity index (χ4v) is 2.76. The molecular weight excluding hydrogens is 304 g/mol. The summed E-state index contributed by atoms with van der Waals surface area (Å²) < 4.78 is 11.3. The number of hydrogen-bond acceptors (Lipinski definition) is 4. The van der Waals surface area contributed by atoms with Gasteiger partial charge in [0.15, 0.2) is 6.10 Å². The van der Waals surface area contributed by atoms with Crippen molar-refractivity contribution in [3.05, 3.63) is 29.3 Å². The number of nitrogens with one attached hydrogen (secondary N) is 1. The molecule has 1 unspecified atom stereocenters. The van der Waals surface area contributed by atoms with Gasteiger partial charge in [-0.1, -0.05) is 19.1 Å². The summed E-state index contributed by atoms with van der Waals surface area (Å²) in [7, 11) is 0. The van der Waals surface area contributed by atoms with Crippen LogP contribution in [0.1, 0.15) is 30.9 Å². The highest BCUT2D eigenvalue weighted by Crippen LogP contribution is 2.21. The van der Waals surface area contributed by atoms with Gasteiger partial charge in [0.2, 0.25) is 0 Å². The van der Waals surface area contributed by atoms with Crippen molar-refractivity contribution in [3.63, 3.8) is 0 Å². The zero-order valence-electron chi connectivity index (χ0n) is 15.1. The van der Waals surface area contributed by atoms with Crippen LogP contribution in [-0.2, 0) is 9.53 Å². The average Bonchev–Trinajstić information content (AvgIpc) is 2.60. The minimum atomic E-state index is -0.436. The molecular formula is C19H30N2O3. The minimum Gasteiger partial charge on any atom is -0.480 e. The van der Waals surface area contributed by atoms with Crippen LogP contribution in [0, 0.1) is 13.8 Å². The van der Waals surface area contributed by atoms with Crippen LogP contribution in [0.15, 0.2) is 18.2 Å². The van der Waals surface area contributed by atoms with E-state index in [9.17, 15) is 4.79 Å². The molecule has 1 aromatic carbocycles. The van der Waals surface area contributed by atoms with E-state index in [4.69, 9.17) is 9.47 Å². The SMILES string of the molecule is CCC(Oc1cc(C)ccc1C)C(=O)NCCCN1CCOCC1. The Kier molecular flexibility index (Phi) is 7.53. The number of aryl methyl sites for hydroxylation is 2. The molecule has 1 aliphatic heterocycles. The van der Waals surface area contributed by atoms with Crippen molar-refractivity contribution in [3.8, 4) is 5.75 Å². The normalized spacial score (nSPS) is 16.6. The molecule has 1 aliphatic rings. The third-order valence-corrected chi connectivity index (χ3v) is 4.33. The number of morpholine rings is 1. The van der Waals surface area contributed by atoms with Crippen molar-refractivity contribution in [1.82, 2.24) is 10.2 Å². The predicted molar refractivity (Wildman–Crippen MR) is 95.5 cm³/mol. The molecule has 1 amide bonds. The van der Waals surface area contributed by atoms with Gasteiger partial charge < -0.3 is 14.8 Å². The van der Waals surface area contributed by atoms with Crippen LogP contribution in [0.3, 0.4) is 0 Å². The van der Waals surface area contributed by atoms with Gasteiger partial charge in [-0.2, -0.15) is 0 Å². The molecule has 1 heterocycles. The van der Waals surface area contributed by atoms with Gasteiger partial charge in [-0.3, -0.25) is 9.69 Å². The summed E-state index contributed by atoms with van der Waals surface area (Å²) in [6.45, 7) is 11.3. The fraction of sp³-hybridized carbons (Fsp3) is 0.632. The van der Waals surface area contributed by atoms with Crippen molar-refractivity contribution < 1.29 is 14.3 Å². The Balaban J connectivity index is 1.75. The van der Waals surface area contributed by atoms with Gasteiger partial charge in [0.1, 0.15) is 5.75 Å². The number of benzene rings is 1. The van der Waals surface area contributed by atoms with Gasteiger partial charge in [-0.15, -0.1) is 0 Å². The number of hydrogen-bond donors (Lipinski definition) is 1. The van der Waals surface area contributed by atoms with E-state index in [1.165, 1.54) is 0 Å². The van der Waals surface area contributed by atoms with Gasteiger partial charge in [-0.25, -0.2) is 0 Å². The van der Waals surface area contributed by atoms with E-state index in [2.05, 4.69) is 16.3 Å². The molecule has 2 rings (SSSR count). The van der Waals surface area contributed by atoms with Crippen molar-refractivity contribution >= 4 is 5.91 Å². The van der Waals surface area contributed by atoms with E-state index in [0.717, 1.165) is 56.1 Å². The first kappa shape index (κ1) is 18.7. The Morgan fingerprint density at radius 2 is 2.08 bits per heavy atom. The standard InChI is InChI=1S/C19H30N2O3/c1-4-17(24-18-14-15(2)6-7-16(18)3)19(22)20-8-5-9-21-10-12-23-13-11-21/h6-7,14,17H,4-5,8-13H2,1-3H3,(H,20,22). The van der Waals surface area contributed by atoms with Crippen molar-refractivity contribution in [1.29, 1.82) is 0 Å². The summed E-state index contributed by atoms with van der Waals surface area (Å²) in [4.78, 5) is 14.7. The lowest BCUT2D eigenvalue weighted by Gasteiger charge is -2.26. The number of carbonyl (C=O) groups excluding carboxylic acids is 1. The van der Waals surface area contributed by atoms with E-state index in [1.807, 2.05) is 32.9 Å². The first-order valence-electron chi connectivity index (χ1n) is 8.92. The van der Waals surface area contributed by atoms with Crippen LogP contribution < -0.4 is 10.1 Å². The van der Waals surface area contributed by atoms with Crippen LogP contribution in [0.2, 0.25) is 0 Å². The maximum Gasteiger partial charge on any atom is 0.261 e. The molecule has 1 N–H and O–H groups in total. The third kappa shape index (κ3) is 5.80. The summed E-state index contributed by atoms with van der Waals surface area (Å²) >= 11 is 0. The predicted octanol–water partition coefficient (Wildman–Crippen LogP) is 2.30. The summed E-state index contributed by atoms with van der Waals surface area (Å²) in [5, 5.41) is 3.01. The Morgan fingerprint density at radius 1 is 1.33 bits per heavy atom. The van der Waals surface area contributed by atoms with E-state index in [1.54, 1.807) is 0 Å². The second-order valence-corrected chi connectivity index (χ2v) is 6.38. The Bertz CT molecular complexity index is 527. The van der Waals surface area contributed by atoms with Crippen LogP contribution >= 0.6 is 0 Å². The molecule has 1 aromatic rings. The lowest BCUT2D eigenvalue weighted by Crippen LogP contribution is -2.41. The highest BCUT2D eigenvalue weighted by Gasteiger charge is 2.19. The van der Waals surface area contributed by atoms with Crippen LogP contribution in [0.25, 0.3) is 0 Å². The van der Waals surface area contributed by atoms with Crippen molar-refractivity contribution in [2.24, 2.45) is 0 Å². The molecule has 0 bridgehead atoms. The summed E-state index contributed by atoms with van der Waals surface area (Å²) in [6.07, 6.45) is 1.17. The van der Waals surface area contributed by atoms with Gasteiger partial charge in [0.05, 0.1) is 13.2 Å². The molecule has 5 nitrogen and oxygen atoms in total. The molecule has 5 heteroatoms. The number of ether oxygens (including phenoxy) is 2. The smallest absolute Gasteiger partial charge is 0.261 e. The maximum atomic E-state index is 12.4. The summed E-state index contributed by atoms with van der Waals surface area (Å²) in [6, 6.07) is 6.07.